The number of allylic oxidation sites excluding steroid dienone is 1. The number of hydrogen-bond donors (Lipinski definition) is 1. The molecule has 0 spiro atoms. The van der Waals surface area contributed by atoms with Gasteiger partial charge in [-0.2, -0.15) is 0 Å². The summed E-state index contributed by atoms with van der Waals surface area (Å²) in [6.45, 7) is 5.93. The molecule has 1 atom stereocenters. The van der Waals surface area contributed by atoms with E-state index >= 15 is 0 Å². The number of hydrogen-bond acceptors (Lipinski definition) is 1. The van der Waals surface area contributed by atoms with Gasteiger partial charge in [-0.15, -0.1) is 0 Å². The van der Waals surface area contributed by atoms with Gasteiger partial charge < -0.3 is 5.11 Å². The molecule has 1 N–H and O–H groups in total. The minimum absolute atomic E-state index is 0.236. The molecular weight excluding hydrogens is 100 g/mol. The summed E-state index contributed by atoms with van der Waals surface area (Å²) in [4.78, 5) is 0. The molecule has 1 heteroatoms. The average molecular weight is 114 g/mol. The van der Waals surface area contributed by atoms with Crippen molar-refractivity contribution in [2.45, 2.75) is 33.3 Å². The quantitative estimate of drug-likeness (QED) is 0.542. The first-order valence-electron chi connectivity index (χ1n) is 3.00. The van der Waals surface area contributed by atoms with Gasteiger partial charge in [0.1, 0.15) is 0 Å². The Labute approximate surface area is 51.0 Å². The summed E-state index contributed by atoms with van der Waals surface area (Å²) in [6, 6.07) is 0. The van der Waals surface area contributed by atoms with Crippen LogP contribution >= 0.6 is 0 Å². The third kappa shape index (κ3) is 3.88. The van der Waals surface area contributed by atoms with E-state index in [1.165, 1.54) is 5.57 Å². The first-order valence-corrected chi connectivity index (χ1v) is 3.00. The van der Waals surface area contributed by atoms with Crippen LogP contribution in [-0.4, -0.2) is 11.2 Å². The molecule has 0 radical (unpaired) electrons. The molecule has 48 valence electrons. The highest BCUT2D eigenvalue weighted by molar-refractivity contribution is 4.97. The normalized spacial score (nSPS) is 13.0. The second-order valence-electron chi connectivity index (χ2n) is 2.22. The van der Waals surface area contributed by atoms with Crippen molar-refractivity contribution in [2.24, 2.45) is 0 Å². The molecule has 0 rings (SSSR count). The highest BCUT2D eigenvalue weighted by Gasteiger charge is 1.91. The van der Waals surface area contributed by atoms with Gasteiger partial charge in [-0.25, -0.2) is 0 Å². The molecule has 0 fully saturated rings. The largest absolute Gasteiger partial charge is 0.389 e. The lowest BCUT2D eigenvalue weighted by Gasteiger charge is -1.98. The van der Waals surface area contributed by atoms with Crippen molar-refractivity contribution < 1.29 is 5.11 Å². The summed E-state index contributed by atoms with van der Waals surface area (Å²) in [5.74, 6) is 0. The van der Waals surface area contributed by atoms with Crippen molar-refractivity contribution in [3.63, 3.8) is 0 Å². The molecule has 0 aromatic rings. The summed E-state index contributed by atoms with van der Waals surface area (Å²) in [7, 11) is 0. The van der Waals surface area contributed by atoms with Crippen LogP contribution in [0.3, 0.4) is 0 Å². The van der Waals surface area contributed by atoms with Gasteiger partial charge >= 0.3 is 0 Å². The SMILES string of the molecule is CCC(O)C=C(C)C. The highest BCUT2D eigenvalue weighted by atomic mass is 16.3. The average Bonchev–Trinajstić information content (AvgIpc) is 1.65. The van der Waals surface area contributed by atoms with Gasteiger partial charge in [0, 0.05) is 0 Å². The summed E-state index contributed by atoms with van der Waals surface area (Å²) in [5.41, 5.74) is 1.18. The highest BCUT2D eigenvalue weighted by Crippen LogP contribution is 1.96. The second kappa shape index (κ2) is 3.67. The molecule has 0 saturated carbocycles. The zero-order valence-corrected chi connectivity index (χ0v) is 5.81. The Bertz CT molecular complexity index is 80.4. The van der Waals surface area contributed by atoms with Gasteiger partial charge in [0.25, 0.3) is 0 Å². The van der Waals surface area contributed by atoms with E-state index in [9.17, 15) is 0 Å². The predicted molar refractivity (Wildman–Crippen MR) is 35.7 cm³/mol. The van der Waals surface area contributed by atoms with Gasteiger partial charge in [-0.05, 0) is 20.3 Å². The van der Waals surface area contributed by atoms with Crippen molar-refractivity contribution in [1.82, 2.24) is 0 Å². The van der Waals surface area contributed by atoms with Crippen molar-refractivity contribution in [3.8, 4) is 0 Å². The summed E-state index contributed by atoms with van der Waals surface area (Å²) in [6.07, 6.45) is 2.44. The smallest absolute Gasteiger partial charge is 0.0720 e. The monoisotopic (exact) mass is 114 g/mol. The molecule has 0 aliphatic heterocycles. The van der Waals surface area contributed by atoms with E-state index in [2.05, 4.69) is 0 Å². The predicted octanol–water partition coefficient (Wildman–Crippen LogP) is 1.72. The van der Waals surface area contributed by atoms with Crippen LogP contribution in [0.2, 0.25) is 0 Å². The second-order valence-corrected chi connectivity index (χ2v) is 2.22. The third-order valence-electron chi connectivity index (χ3n) is 0.944. The zero-order chi connectivity index (χ0) is 6.57. The molecular formula is C7H14O. The molecule has 1 nitrogen and oxygen atoms in total. The van der Waals surface area contributed by atoms with E-state index in [0.29, 0.717) is 0 Å². The summed E-state index contributed by atoms with van der Waals surface area (Å²) >= 11 is 0. The van der Waals surface area contributed by atoms with Crippen LogP contribution in [0.25, 0.3) is 0 Å². The Hall–Kier alpha value is -0.300. The minimum atomic E-state index is -0.236. The van der Waals surface area contributed by atoms with E-state index in [-0.39, 0.29) is 6.10 Å². The van der Waals surface area contributed by atoms with E-state index < -0.39 is 0 Å². The van der Waals surface area contributed by atoms with Crippen molar-refractivity contribution in [1.29, 1.82) is 0 Å². The molecule has 0 aromatic carbocycles. The molecule has 0 saturated heterocycles. The van der Waals surface area contributed by atoms with Crippen LogP contribution in [0, 0.1) is 0 Å². The topological polar surface area (TPSA) is 20.2 Å². The van der Waals surface area contributed by atoms with E-state index in [1.807, 2.05) is 26.8 Å². The molecule has 0 heterocycles. The molecule has 1 unspecified atom stereocenters. The number of aliphatic hydroxyl groups excluding tert-OH is 1. The minimum Gasteiger partial charge on any atom is -0.389 e. The number of rotatable bonds is 2. The van der Waals surface area contributed by atoms with Crippen LogP contribution < -0.4 is 0 Å². The van der Waals surface area contributed by atoms with Crippen LogP contribution in [0.4, 0.5) is 0 Å². The van der Waals surface area contributed by atoms with Crippen LogP contribution in [0.1, 0.15) is 27.2 Å². The maximum atomic E-state index is 8.95. The maximum absolute atomic E-state index is 8.95. The third-order valence-corrected chi connectivity index (χ3v) is 0.944. The lowest BCUT2D eigenvalue weighted by atomic mass is 10.2. The standard InChI is InChI=1S/C7H14O/c1-4-7(8)5-6(2)3/h5,7-8H,4H2,1-3H3. The molecule has 8 heavy (non-hydrogen) atoms. The molecule has 0 aliphatic rings. The molecule has 0 bridgehead atoms. The maximum Gasteiger partial charge on any atom is 0.0720 e. The van der Waals surface area contributed by atoms with Crippen molar-refractivity contribution in [3.05, 3.63) is 11.6 Å². The van der Waals surface area contributed by atoms with Crippen LogP contribution in [-0.2, 0) is 0 Å². The Morgan fingerprint density at radius 3 is 2.25 bits per heavy atom. The van der Waals surface area contributed by atoms with Gasteiger partial charge in [-0.1, -0.05) is 18.6 Å². The fraction of sp³-hybridized carbons (Fsp3) is 0.714. The van der Waals surface area contributed by atoms with Gasteiger partial charge in [0.05, 0.1) is 6.10 Å². The van der Waals surface area contributed by atoms with Gasteiger partial charge in [-0.3, -0.25) is 0 Å². The van der Waals surface area contributed by atoms with Crippen molar-refractivity contribution >= 4 is 0 Å². The van der Waals surface area contributed by atoms with Crippen molar-refractivity contribution in [2.75, 3.05) is 0 Å². The van der Waals surface area contributed by atoms with E-state index in [0.717, 1.165) is 6.42 Å². The van der Waals surface area contributed by atoms with E-state index in [1.54, 1.807) is 0 Å². The fourth-order valence-corrected chi connectivity index (χ4v) is 0.503. The fourth-order valence-electron chi connectivity index (χ4n) is 0.503. The first kappa shape index (κ1) is 7.70. The summed E-state index contributed by atoms with van der Waals surface area (Å²) < 4.78 is 0. The zero-order valence-electron chi connectivity index (χ0n) is 5.81. The summed E-state index contributed by atoms with van der Waals surface area (Å²) in [5, 5.41) is 8.95. The van der Waals surface area contributed by atoms with Gasteiger partial charge in [0.15, 0.2) is 0 Å². The Kier molecular flexibility index (Phi) is 3.53. The Morgan fingerprint density at radius 2 is 2.12 bits per heavy atom. The Morgan fingerprint density at radius 1 is 1.62 bits per heavy atom. The molecule has 0 aliphatic carbocycles. The lowest BCUT2D eigenvalue weighted by molar-refractivity contribution is 0.218. The molecule has 0 aromatic heterocycles. The lowest BCUT2D eigenvalue weighted by Crippen LogP contribution is -1.98. The van der Waals surface area contributed by atoms with E-state index in [4.69, 9.17) is 5.11 Å². The van der Waals surface area contributed by atoms with Gasteiger partial charge in [0.2, 0.25) is 0 Å². The van der Waals surface area contributed by atoms with Crippen LogP contribution in [0.15, 0.2) is 11.6 Å². The molecule has 0 amide bonds. The number of aliphatic hydroxyl groups is 1. The Balaban J connectivity index is 3.51. The van der Waals surface area contributed by atoms with Crippen LogP contribution in [0.5, 0.6) is 0 Å². The first-order chi connectivity index (χ1) is 3.66.